The summed E-state index contributed by atoms with van der Waals surface area (Å²) < 4.78 is 16.3. The van der Waals surface area contributed by atoms with Crippen molar-refractivity contribution in [2.75, 3.05) is 14.2 Å². The quantitative estimate of drug-likeness (QED) is 0.480. The Kier molecular flexibility index (Phi) is 4.83. The summed E-state index contributed by atoms with van der Waals surface area (Å²) in [4.78, 5) is 11.9. The van der Waals surface area contributed by atoms with E-state index in [9.17, 15) is 10.0 Å². The fourth-order valence-electron chi connectivity index (χ4n) is 1.95. The van der Waals surface area contributed by atoms with Crippen LogP contribution >= 0.6 is 0 Å². The van der Waals surface area contributed by atoms with Crippen molar-refractivity contribution in [3.8, 4) is 11.5 Å². The molecule has 0 amide bonds. The van der Waals surface area contributed by atoms with Crippen molar-refractivity contribution in [3.63, 3.8) is 0 Å². The van der Waals surface area contributed by atoms with E-state index in [2.05, 4.69) is 0 Å². The Morgan fingerprint density at radius 1 is 1.14 bits per heavy atom. The maximum atomic E-state index is 11.9. The Hall–Kier alpha value is -2.76. The highest BCUT2D eigenvalue weighted by Crippen LogP contribution is 2.30. The maximum absolute atomic E-state index is 11.9. The molecule has 6 heteroatoms. The minimum atomic E-state index is -0.491. The smallest absolute Gasteiger partial charge is 0.338 e. The van der Waals surface area contributed by atoms with Gasteiger partial charge in [-0.15, -0.1) is 0 Å². The third-order valence-corrected chi connectivity index (χ3v) is 3.24. The third-order valence-electron chi connectivity index (χ3n) is 3.24. The molecule has 0 bridgehead atoms. The van der Waals surface area contributed by atoms with Crippen LogP contribution in [0.3, 0.4) is 0 Å². The first-order chi connectivity index (χ1) is 10.5. The van der Waals surface area contributed by atoms with Crippen LogP contribution in [0.2, 0.25) is 0 Å². The number of carbonyl (C=O) groups excluding carboxylic acids is 1. The van der Waals surface area contributed by atoms with Gasteiger partial charge in [0.1, 0.15) is 6.61 Å². The summed E-state index contributed by atoms with van der Waals surface area (Å²) in [5, 5.41) is 10.9. The van der Waals surface area contributed by atoms with Gasteiger partial charge in [-0.1, -0.05) is 0 Å². The van der Waals surface area contributed by atoms with Crippen LogP contribution in [0.15, 0.2) is 36.7 Å². The average Bonchev–Trinajstić information content (AvgIpc) is 2.53. The molecule has 0 unspecified atom stereocenters. The van der Waals surface area contributed by atoms with Crippen LogP contribution in [-0.2, 0) is 11.3 Å². The molecule has 0 aliphatic heterocycles. The number of hydrogen-bond donors (Lipinski definition) is 0. The Labute approximate surface area is 128 Å². The molecule has 1 aromatic carbocycles. The van der Waals surface area contributed by atoms with Gasteiger partial charge in [-0.3, -0.25) is 0 Å². The van der Waals surface area contributed by atoms with Gasteiger partial charge in [-0.25, -0.2) is 4.79 Å². The van der Waals surface area contributed by atoms with Gasteiger partial charge >= 0.3 is 5.97 Å². The van der Waals surface area contributed by atoms with E-state index in [0.717, 1.165) is 11.1 Å². The number of aryl methyl sites for hydroxylation is 1. The zero-order chi connectivity index (χ0) is 16.1. The highest BCUT2D eigenvalue weighted by molar-refractivity contribution is 5.89. The number of esters is 1. The van der Waals surface area contributed by atoms with Gasteiger partial charge in [-0.2, -0.15) is 4.73 Å². The van der Waals surface area contributed by atoms with E-state index in [0.29, 0.717) is 21.8 Å². The molecule has 22 heavy (non-hydrogen) atoms. The number of benzene rings is 1. The van der Waals surface area contributed by atoms with Crippen LogP contribution in [0.4, 0.5) is 0 Å². The molecule has 0 fully saturated rings. The van der Waals surface area contributed by atoms with Crippen molar-refractivity contribution in [1.82, 2.24) is 0 Å². The van der Waals surface area contributed by atoms with Crippen molar-refractivity contribution in [2.24, 2.45) is 0 Å². The van der Waals surface area contributed by atoms with E-state index in [1.807, 2.05) is 13.0 Å². The molecular weight excluding hydrogens is 286 g/mol. The van der Waals surface area contributed by atoms with Crippen molar-refractivity contribution in [3.05, 3.63) is 58.6 Å². The standard InChI is InChI=1S/C16H17NO5/c1-11-8-14(20-2)15(21-3)9-13(11)10-22-16(18)12-4-6-17(19)7-5-12/h4-9H,10H2,1-3H3. The van der Waals surface area contributed by atoms with Crippen LogP contribution < -0.4 is 14.2 Å². The molecule has 2 rings (SSSR count). The number of ether oxygens (including phenoxy) is 3. The number of carbonyl (C=O) groups is 1. The minimum Gasteiger partial charge on any atom is -0.619 e. The topological polar surface area (TPSA) is 71.7 Å². The summed E-state index contributed by atoms with van der Waals surface area (Å²) in [5.41, 5.74) is 2.07. The summed E-state index contributed by atoms with van der Waals surface area (Å²) in [6.45, 7) is 2.01. The van der Waals surface area contributed by atoms with E-state index in [1.165, 1.54) is 24.5 Å². The molecule has 0 atom stereocenters. The second-order valence-corrected chi connectivity index (χ2v) is 4.66. The number of nitrogens with zero attached hydrogens (tertiary/aromatic N) is 1. The molecule has 2 aromatic rings. The summed E-state index contributed by atoms with van der Waals surface area (Å²) in [5.74, 6) is 0.708. The lowest BCUT2D eigenvalue weighted by atomic mass is 10.1. The highest BCUT2D eigenvalue weighted by Gasteiger charge is 2.12. The van der Waals surface area contributed by atoms with Gasteiger partial charge < -0.3 is 19.4 Å². The zero-order valence-electron chi connectivity index (χ0n) is 12.7. The van der Waals surface area contributed by atoms with Crippen LogP contribution in [0.1, 0.15) is 21.5 Å². The van der Waals surface area contributed by atoms with Crippen LogP contribution in [0, 0.1) is 12.1 Å². The number of methoxy groups -OCH3 is 2. The maximum Gasteiger partial charge on any atom is 0.338 e. The first-order valence-corrected chi connectivity index (χ1v) is 6.62. The Balaban J connectivity index is 2.11. The molecular formula is C16H17NO5. The van der Waals surface area contributed by atoms with Gasteiger partial charge in [0.15, 0.2) is 23.9 Å². The van der Waals surface area contributed by atoms with Crippen LogP contribution in [-0.4, -0.2) is 20.2 Å². The van der Waals surface area contributed by atoms with Crippen LogP contribution in [0.25, 0.3) is 0 Å². The van der Waals surface area contributed by atoms with E-state index < -0.39 is 5.97 Å². The van der Waals surface area contributed by atoms with Crippen molar-refractivity contribution in [1.29, 1.82) is 0 Å². The number of rotatable bonds is 5. The monoisotopic (exact) mass is 303 g/mol. The summed E-state index contributed by atoms with van der Waals surface area (Å²) >= 11 is 0. The molecule has 6 nitrogen and oxygen atoms in total. The number of hydrogen-bond acceptors (Lipinski definition) is 5. The largest absolute Gasteiger partial charge is 0.619 e. The molecule has 0 saturated carbocycles. The fraction of sp³-hybridized carbons (Fsp3) is 0.250. The molecule has 0 aliphatic carbocycles. The molecule has 1 aromatic heterocycles. The Morgan fingerprint density at radius 3 is 2.32 bits per heavy atom. The summed E-state index contributed by atoms with van der Waals surface area (Å²) in [7, 11) is 3.11. The first kappa shape index (κ1) is 15.6. The second kappa shape index (κ2) is 6.80. The Morgan fingerprint density at radius 2 is 1.73 bits per heavy atom. The van der Waals surface area contributed by atoms with Gasteiger partial charge in [0.25, 0.3) is 0 Å². The lowest BCUT2D eigenvalue weighted by Gasteiger charge is -2.13. The lowest BCUT2D eigenvalue weighted by molar-refractivity contribution is -0.605. The fourth-order valence-corrected chi connectivity index (χ4v) is 1.95. The van der Waals surface area contributed by atoms with E-state index in [-0.39, 0.29) is 6.61 Å². The normalized spacial score (nSPS) is 10.1. The SMILES string of the molecule is COc1cc(C)c(COC(=O)c2cc[n+]([O-])cc2)cc1OC. The lowest BCUT2D eigenvalue weighted by Crippen LogP contribution is -2.24. The second-order valence-electron chi connectivity index (χ2n) is 4.66. The van der Waals surface area contributed by atoms with Crippen molar-refractivity contribution in [2.45, 2.75) is 13.5 Å². The number of aromatic nitrogens is 1. The third kappa shape index (κ3) is 3.46. The van der Waals surface area contributed by atoms with Gasteiger partial charge in [-0.05, 0) is 30.2 Å². The van der Waals surface area contributed by atoms with E-state index in [4.69, 9.17) is 14.2 Å². The van der Waals surface area contributed by atoms with Crippen molar-refractivity contribution >= 4 is 5.97 Å². The molecule has 1 heterocycles. The summed E-state index contributed by atoms with van der Waals surface area (Å²) in [6.07, 6.45) is 2.50. The highest BCUT2D eigenvalue weighted by atomic mass is 16.5. The minimum absolute atomic E-state index is 0.108. The van der Waals surface area contributed by atoms with Crippen molar-refractivity contribution < 1.29 is 23.7 Å². The molecule has 0 aliphatic rings. The van der Waals surface area contributed by atoms with Gasteiger partial charge in [0.2, 0.25) is 0 Å². The van der Waals surface area contributed by atoms with Crippen LogP contribution in [0.5, 0.6) is 11.5 Å². The van der Waals surface area contributed by atoms with E-state index in [1.54, 1.807) is 20.3 Å². The predicted octanol–water partition coefficient (Wildman–Crippen LogP) is 2.00. The summed E-state index contributed by atoms with van der Waals surface area (Å²) in [6, 6.07) is 6.43. The van der Waals surface area contributed by atoms with Gasteiger partial charge in [0, 0.05) is 12.1 Å². The predicted molar refractivity (Wildman–Crippen MR) is 78.8 cm³/mol. The first-order valence-electron chi connectivity index (χ1n) is 6.62. The molecule has 0 spiro atoms. The zero-order valence-corrected chi connectivity index (χ0v) is 12.7. The molecule has 0 saturated heterocycles. The molecule has 0 N–H and O–H groups in total. The Bertz CT molecular complexity index is 667. The van der Waals surface area contributed by atoms with Gasteiger partial charge in [0.05, 0.1) is 19.8 Å². The molecule has 0 radical (unpaired) electrons. The van der Waals surface area contributed by atoms with E-state index >= 15 is 0 Å². The molecule has 116 valence electrons. The average molecular weight is 303 g/mol. The number of pyridine rings is 1.